The van der Waals surface area contributed by atoms with Crippen molar-refractivity contribution >= 4 is 27.5 Å². The van der Waals surface area contributed by atoms with Crippen LogP contribution in [0.2, 0.25) is 0 Å². The molecule has 0 radical (unpaired) electrons. The predicted molar refractivity (Wildman–Crippen MR) is 115 cm³/mol. The number of fused-ring (bicyclic) bond motifs is 1. The largest absolute Gasteiger partial charge is 0.340 e. The number of aromatic nitrogens is 4. The van der Waals surface area contributed by atoms with Gasteiger partial charge >= 0.3 is 0 Å². The molecule has 4 aromatic rings. The summed E-state index contributed by atoms with van der Waals surface area (Å²) in [6.45, 7) is 7.93. The van der Waals surface area contributed by atoms with Crippen LogP contribution in [0.3, 0.4) is 0 Å². The molecule has 1 aromatic carbocycles. The lowest BCUT2D eigenvalue weighted by atomic mass is 10.1. The van der Waals surface area contributed by atoms with E-state index in [9.17, 15) is 9.59 Å². The summed E-state index contributed by atoms with van der Waals surface area (Å²) in [6.07, 6.45) is 1.51. The number of nitrogens with zero attached hydrogens (tertiary/aromatic N) is 4. The average Bonchev–Trinajstić information content (AvgIpc) is 3.34. The van der Waals surface area contributed by atoms with E-state index >= 15 is 0 Å². The molecule has 1 N–H and O–H groups in total. The second-order valence-corrected chi connectivity index (χ2v) is 8.09. The van der Waals surface area contributed by atoms with Crippen molar-refractivity contribution in [3.8, 4) is 11.4 Å². The van der Waals surface area contributed by atoms with Gasteiger partial charge in [0, 0.05) is 12.1 Å². The number of nitrogens with one attached hydrogen (secondary N) is 1. The first-order chi connectivity index (χ1) is 14.4. The van der Waals surface area contributed by atoms with E-state index in [2.05, 4.69) is 20.4 Å². The monoisotopic (exact) mass is 423 g/mol. The van der Waals surface area contributed by atoms with Crippen LogP contribution in [0.15, 0.2) is 39.9 Å². The smallest absolute Gasteiger partial charge is 0.262 e. The minimum atomic E-state index is -0.492. The van der Waals surface area contributed by atoms with Crippen LogP contribution in [-0.2, 0) is 6.54 Å². The van der Waals surface area contributed by atoms with Crippen LogP contribution in [0.4, 0.5) is 0 Å². The van der Waals surface area contributed by atoms with E-state index in [-0.39, 0.29) is 11.5 Å². The van der Waals surface area contributed by atoms with Gasteiger partial charge in [0.2, 0.25) is 11.7 Å². The number of carbonyl (C=O) groups is 1. The van der Waals surface area contributed by atoms with Gasteiger partial charge in [0.15, 0.2) is 0 Å². The van der Waals surface area contributed by atoms with E-state index < -0.39 is 6.04 Å². The Morgan fingerprint density at radius 2 is 2.13 bits per heavy atom. The number of amides is 1. The van der Waals surface area contributed by atoms with Gasteiger partial charge in [0.1, 0.15) is 10.9 Å². The van der Waals surface area contributed by atoms with Crippen LogP contribution in [0.1, 0.15) is 46.6 Å². The fourth-order valence-corrected chi connectivity index (χ4v) is 4.28. The first-order valence-electron chi connectivity index (χ1n) is 9.59. The summed E-state index contributed by atoms with van der Waals surface area (Å²) in [6, 6.07) is 7.30. The van der Waals surface area contributed by atoms with Crippen LogP contribution < -0.4 is 10.9 Å². The molecule has 30 heavy (non-hydrogen) atoms. The molecule has 0 spiro atoms. The molecule has 0 bridgehead atoms. The van der Waals surface area contributed by atoms with Gasteiger partial charge in [-0.25, -0.2) is 4.98 Å². The van der Waals surface area contributed by atoms with Crippen LogP contribution in [0.5, 0.6) is 0 Å². The Labute approximate surface area is 176 Å². The molecule has 0 saturated heterocycles. The van der Waals surface area contributed by atoms with Crippen molar-refractivity contribution in [2.75, 3.05) is 0 Å². The highest BCUT2D eigenvalue weighted by molar-refractivity contribution is 7.20. The summed E-state index contributed by atoms with van der Waals surface area (Å²) in [4.78, 5) is 35.2. The summed E-state index contributed by atoms with van der Waals surface area (Å²) in [5.74, 6) is 0.475. The van der Waals surface area contributed by atoms with Gasteiger partial charge in [0.05, 0.1) is 16.6 Å². The zero-order chi connectivity index (χ0) is 21.4. The summed E-state index contributed by atoms with van der Waals surface area (Å²) in [7, 11) is 0. The third-order valence-corrected chi connectivity index (χ3v) is 6.10. The highest BCUT2D eigenvalue weighted by Crippen LogP contribution is 2.27. The third kappa shape index (κ3) is 3.52. The van der Waals surface area contributed by atoms with Gasteiger partial charge in [-0.2, -0.15) is 4.98 Å². The zero-order valence-corrected chi connectivity index (χ0v) is 17.9. The second kappa shape index (κ2) is 7.83. The third-order valence-electron chi connectivity index (χ3n) is 4.90. The van der Waals surface area contributed by atoms with Gasteiger partial charge < -0.3 is 9.84 Å². The fourth-order valence-electron chi connectivity index (χ4n) is 3.24. The molecule has 3 heterocycles. The molecular formula is C21H21N5O3S. The lowest BCUT2D eigenvalue weighted by Gasteiger charge is -2.09. The Morgan fingerprint density at radius 1 is 1.33 bits per heavy atom. The Bertz CT molecular complexity index is 1300. The molecule has 0 saturated carbocycles. The highest BCUT2D eigenvalue weighted by Gasteiger charge is 2.23. The minimum absolute atomic E-state index is 0.136. The minimum Gasteiger partial charge on any atom is -0.340 e. The highest BCUT2D eigenvalue weighted by atomic mass is 32.1. The lowest BCUT2D eigenvalue weighted by Crippen LogP contribution is -2.26. The van der Waals surface area contributed by atoms with Crippen molar-refractivity contribution in [1.82, 2.24) is 25.0 Å². The molecule has 9 heteroatoms. The van der Waals surface area contributed by atoms with Crippen LogP contribution in [-0.4, -0.2) is 25.6 Å². The molecular weight excluding hydrogens is 402 g/mol. The molecule has 0 unspecified atom stereocenters. The lowest BCUT2D eigenvalue weighted by molar-refractivity contribution is 0.0936. The maximum atomic E-state index is 12.9. The molecule has 0 aliphatic heterocycles. The van der Waals surface area contributed by atoms with Crippen LogP contribution >= 0.6 is 11.3 Å². The molecule has 154 valence electrons. The Morgan fingerprint density at radius 3 is 2.87 bits per heavy atom. The van der Waals surface area contributed by atoms with Crippen molar-refractivity contribution in [2.45, 2.75) is 40.3 Å². The maximum Gasteiger partial charge on any atom is 0.262 e. The second-order valence-electron chi connectivity index (χ2n) is 7.09. The normalized spacial score (nSPS) is 12.3. The summed E-state index contributed by atoms with van der Waals surface area (Å²) >= 11 is 1.20. The predicted octanol–water partition coefficient (Wildman–Crippen LogP) is 3.64. The van der Waals surface area contributed by atoms with E-state index in [4.69, 9.17) is 4.52 Å². The summed E-state index contributed by atoms with van der Waals surface area (Å²) in [5.41, 5.74) is 2.44. The van der Waals surface area contributed by atoms with Gasteiger partial charge in [-0.1, -0.05) is 28.9 Å². The van der Waals surface area contributed by atoms with Crippen molar-refractivity contribution in [2.24, 2.45) is 0 Å². The maximum absolute atomic E-state index is 12.9. The molecule has 0 aliphatic rings. The first kappa shape index (κ1) is 20.0. The Kier molecular flexibility index (Phi) is 5.21. The Hall–Kier alpha value is -3.33. The molecule has 1 amide bonds. The standard InChI is InChI=1S/C21H21N5O3S/c1-5-26-10-22-20-15(21(26)28)12(3)16(30-20)18(27)23-13(4)19-24-17(25-29-19)14-8-6-7-11(2)9-14/h6-10,13H,5H2,1-4H3,(H,23,27)/t13-/m1/s1. The van der Waals surface area contributed by atoms with Crippen LogP contribution in [0, 0.1) is 13.8 Å². The molecule has 0 fully saturated rings. The first-order valence-corrected chi connectivity index (χ1v) is 10.4. The topological polar surface area (TPSA) is 103 Å². The molecule has 0 aliphatic carbocycles. The Balaban J connectivity index is 1.58. The molecule has 4 rings (SSSR count). The number of thiophene rings is 1. The average molecular weight is 423 g/mol. The van der Waals surface area contributed by atoms with E-state index in [1.54, 1.807) is 13.8 Å². The summed E-state index contributed by atoms with van der Waals surface area (Å²) < 4.78 is 6.88. The number of hydrogen-bond acceptors (Lipinski definition) is 7. The van der Waals surface area contributed by atoms with Gasteiger partial charge in [0.25, 0.3) is 11.5 Å². The SMILES string of the molecule is CCn1cnc2sc(C(=O)N[C@H](C)c3nc(-c4cccc(C)c4)no3)c(C)c2c1=O. The quantitative estimate of drug-likeness (QED) is 0.526. The fraction of sp³-hybridized carbons (Fsp3) is 0.286. The summed E-state index contributed by atoms with van der Waals surface area (Å²) in [5, 5.41) is 7.39. The van der Waals surface area contributed by atoms with E-state index in [0.29, 0.717) is 38.9 Å². The van der Waals surface area contributed by atoms with Crippen molar-refractivity contribution in [3.05, 3.63) is 62.8 Å². The van der Waals surface area contributed by atoms with Gasteiger partial charge in [-0.05, 0) is 39.3 Å². The molecule has 3 aromatic heterocycles. The van der Waals surface area contributed by atoms with Gasteiger partial charge in [-0.15, -0.1) is 11.3 Å². The number of carbonyl (C=O) groups excluding carboxylic acids is 1. The number of benzene rings is 1. The van der Waals surface area contributed by atoms with E-state index in [0.717, 1.165) is 11.1 Å². The van der Waals surface area contributed by atoms with Gasteiger partial charge in [-0.3, -0.25) is 14.2 Å². The van der Waals surface area contributed by atoms with Crippen molar-refractivity contribution in [3.63, 3.8) is 0 Å². The van der Waals surface area contributed by atoms with Crippen LogP contribution in [0.25, 0.3) is 21.6 Å². The number of aryl methyl sites for hydroxylation is 3. The van der Waals surface area contributed by atoms with Crippen molar-refractivity contribution in [1.29, 1.82) is 0 Å². The van der Waals surface area contributed by atoms with E-state index in [1.807, 2.05) is 38.1 Å². The molecule has 8 nitrogen and oxygen atoms in total. The number of hydrogen-bond donors (Lipinski definition) is 1. The zero-order valence-electron chi connectivity index (χ0n) is 17.1. The molecule has 1 atom stereocenters. The van der Waals surface area contributed by atoms with E-state index in [1.165, 1.54) is 22.2 Å². The number of rotatable bonds is 5. The van der Waals surface area contributed by atoms with Crippen molar-refractivity contribution < 1.29 is 9.32 Å².